The van der Waals surface area contributed by atoms with Crippen LogP contribution in [0.4, 0.5) is 8.78 Å². The third-order valence-corrected chi connectivity index (χ3v) is 5.04. The average molecular weight is 380 g/mol. The molecule has 0 radical (unpaired) electrons. The van der Waals surface area contributed by atoms with E-state index in [1.807, 2.05) is 0 Å². The number of nitrogens with zero attached hydrogens (tertiary/aromatic N) is 1. The summed E-state index contributed by atoms with van der Waals surface area (Å²) in [5, 5.41) is 0.0457. The van der Waals surface area contributed by atoms with Crippen molar-refractivity contribution in [3.63, 3.8) is 0 Å². The lowest BCUT2D eigenvalue weighted by Gasteiger charge is -2.32. The summed E-state index contributed by atoms with van der Waals surface area (Å²) < 4.78 is 39.4. The molecule has 21 heavy (non-hydrogen) atoms. The fourth-order valence-corrected chi connectivity index (χ4v) is 2.31. The highest BCUT2D eigenvalue weighted by molar-refractivity contribution is 9.10. The largest absolute Gasteiger partial charge is 0.525 e. The first-order valence-corrected chi connectivity index (χ1v) is 7.44. The van der Waals surface area contributed by atoms with E-state index in [1.165, 1.54) is 0 Å². The molecule has 2 heterocycles. The van der Waals surface area contributed by atoms with E-state index in [0.717, 1.165) is 12.3 Å². The summed E-state index contributed by atoms with van der Waals surface area (Å²) in [5.74, 6) is -0.696. The van der Waals surface area contributed by atoms with Crippen LogP contribution in [0.5, 0.6) is 0 Å². The van der Waals surface area contributed by atoms with Crippen molar-refractivity contribution in [2.24, 2.45) is 0 Å². The molecule has 1 fully saturated rings. The minimum Gasteiger partial charge on any atom is -0.398 e. The Hall–Kier alpha value is -0.495. The van der Waals surface area contributed by atoms with E-state index in [1.54, 1.807) is 27.7 Å². The third kappa shape index (κ3) is 3.16. The van der Waals surface area contributed by atoms with Crippen molar-refractivity contribution in [1.29, 1.82) is 0 Å². The average Bonchev–Trinajstić information content (AvgIpc) is 2.59. The lowest BCUT2D eigenvalue weighted by atomic mass is 9.87. The van der Waals surface area contributed by atoms with Crippen molar-refractivity contribution in [3.8, 4) is 0 Å². The van der Waals surface area contributed by atoms with E-state index in [2.05, 4.69) is 20.9 Å². The maximum Gasteiger partial charge on any atom is 0.525 e. The van der Waals surface area contributed by atoms with E-state index in [0.29, 0.717) is 0 Å². The summed E-state index contributed by atoms with van der Waals surface area (Å²) in [6, 6.07) is 0. The zero-order valence-electron chi connectivity index (χ0n) is 12.0. The smallest absolute Gasteiger partial charge is 0.398 e. The Morgan fingerprint density at radius 2 is 1.86 bits per heavy atom. The Labute approximate surface area is 135 Å². The number of hydrogen-bond acceptors (Lipinski definition) is 3. The molecule has 0 bridgehead atoms. The van der Waals surface area contributed by atoms with Gasteiger partial charge in [0.2, 0.25) is 0 Å². The fraction of sp³-hybridized carbons (Fsp3) is 0.462. The van der Waals surface area contributed by atoms with Crippen LogP contribution in [0.15, 0.2) is 16.4 Å². The molecule has 8 heteroatoms. The van der Waals surface area contributed by atoms with Crippen molar-refractivity contribution < 1.29 is 18.1 Å². The first kappa shape index (κ1) is 16.9. The number of pyridine rings is 1. The standard InChI is InChI=1S/C13H14BBrClF2NO2/c1-12(2)13(3,4)21-14(20-12)9(18)5-7-8(17)6-19-11(16)10(7)15/h5-6H,1-4H3. The zero-order chi connectivity index (χ0) is 16.0. The van der Waals surface area contributed by atoms with Gasteiger partial charge in [-0.2, -0.15) is 0 Å². The van der Waals surface area contributed by atoms with Gasteiger partial charge in [0.1, 0.15) is 16.7 Å². The summed E-state index contributed by atoms with van der Waals surface area (Å²) in [6.07, 6.45) is 1.92. The van der Waals surface area contributed by atoms with Gasteiger partial charge in [-0.05, 0) is 49.7 Å². The zero-order valence-corrected chi connectivity index (χ0v) is 14.3. The van der Waals surface area contributed by atoms with Crippen LogP contribution in [-0.4, -0.2) is 23.3 Å². The Morgan fingerprint density at radius 1 is 1.33 bits per heavy atom. The molecule has 1 aliphatic rings. The monoisotopic (exact) mass is 379 g/mol. The molecule has 3 nitrogen and oxygen atoms in total. The minimum atomic E-state index is -1.19. The van der Waals surface area contributed by atoms with Crippen LogP contribution < -0.4 is 0 Å². The van der Waals surface area contributed by atoms with Gasteiger partial charge >= 0.3 is 7.12 Å². The minimum absolute atomic E-state index is 0.0396. The molecular formula is C13H14BBrClF2NO2. The van der Waals surface area contributed by atoms with Crippen LogP contribution >= 0.6 is 27.5 Å². The fourth-order valence-electron chi connectivity index (χ4n) is 1.75. The maximum absolute atomic E-state index is 14.3. The molecule has 0 aromatic carbocycles. The molecule has 1 aromatic rings. The highest BCUT2D eigenvalue weighted by Crippen LogP contribution is 2.39. The van der Waals surface area contributed by atoms with Crippen LogP contribution in [-0.2, 0) is 9.31 Å². The van der Waals surface area contributed by atoms with Gasteiger partial charge in [-0.3, -0.25) is 0 Å². The van der Waals surface area contributed by atoms with E-state index in [4.69, 9.17) is 20.9 Å². The maximum atomic E-state index is 14.3. The number of rotatable bonds is 2. The lowest BCUT2D eigenvalue weighted by molar-refractivity contribution is 0.00578. The first-order valence-electron chi connectivity index (χ1n) is 6.27. The van der Waals surface area contributed by atoms with Gasteiger partial charge in [0.15, 0.2) is 0 Å². The summed E-state index contributed by atoms with van der Waals surface area (Å²) in [7, 11) is -1.19. The van der Waals surface area contributed by atoms with E-state index in [-0.39, 0.29) is 15.2 Å². The van der Waals surface area contributed by atoms with Crippen LogP contribution in [0.2, 0.25) is 5.15 Å². The van der Waals surface area contributed by atoms with Gasteiger partial charge in [-0.25, -0.2) is 13.8 Å². The molecule has 0 amide bonds. The molecule has 1 aliphatic heterocycles. The molecule has 2 rings (SSSR count). The Morgan fingerprint density at radius 3 is 2.38 bits per heavy atom. The predicted octanol–water partition coefficient (Wildman–Crippen LogP) is 4.58. The van der Waals surface area contributed by atoms with Crippen molar-refractivity contribution in [2.45, 2.75) is 38.9 Å². The van der Waals surface area contributed by atoms with E-state index < -0.39 is 29.9 Å². The number of halogens is 4. The first-order chi connectivity index (χ1) is 9.55. The van der Waals surface area contributed by atoms with Gasteiger partial charge in [0.25, 0.3) is 0 Å². The van der Waals surface area contributed by atoms with E-state index in [9.17, 15) is 8.78 Å². The molecule has 0 spiro atoms. The summed E-state index contributed by atoms with van der Waals surface area (Å²) >= 11 is 8.87. The SMILES string of the molecule is CC1(C)OB(C(F)=Cc2c(F)cnc(Cl)c2Br)OC1(C)C. The van der Waals surface area contributed by atoms with Crippen molar-refractivity contribution in [3.05, 3.63) is 32.9 Å². The highest BCUT2D eigenvalue weighted by Gasteiger charge is 2.53. The topological polar surface area (TPSA) is 31.4 Å². The Bertz CT molecular complexity index is 594. The normalized spacial score (nSPS) is 21.0. The molecule has 0 saturated carbocycles. The van der Waals surface area contributed by atoms with Crippen molar-refractivity contribution in [1.82, 2.24) is 4.98 Å². The van der Waals surface area contributed by atoms with E-state index >= 15 is 0 Å². The molecule has 0 atom stereocenters. The second-order valence-electron chi connectivity index (χ2n) is 5.74. The van der Waals surface area contributed by atoms with Crippen LogP contribution in [0.3, 0.4) is 0 Å². The Kier molecular flexibility index (Phi) is 4.51. The third-order valence-electron chi connectivity index (χ3n) is 3.73. The Balaban J connectivity index is 2.34. The molecule has 1 saturated heterocycles. The van der Waals surface area contributed by atoms with Gasteiger partial charge < -0.3 is 9.31 Å². The lowest BCUT2D eigenvalue weighted by Crippen LogP contribution is -2.41. The van der Waals surface area contributed by atoms with Crippen LogP contribution in [0, 0.1) is 5.82 Å². The summed E-state index contributed by atoms with van der Waals surface area (Å²) in [6.45, 7) is 7.22. The predicted molar refractivity (Wildman–Crippen MR) is 82.1 cm³/mol. The molecule has 1 aromatic heterocycles. The van der Waals surface area contributed by atoms with Gasteiger partial charge in [-0.15, -0.1) is 0 Å². The quantitative estimate of drug-likeness (QED) is 0.556. The van der Waals surface area contributed by atoms with Crippen LogP contribution in [0.1, 0.15) is 33.3 Å². The van der Waals surface area contributed by atoms with Crippen LogP contribution in [0.25, 0.3) is 6.08 Å². The summed E-state index contributed by atoms with van der Waals surface area (Å²) in [4.78, 5) is 3.62. The second-order valence-corrected chi connectivity index (χ2v) is 6.89. The molecule has 0 N–H and O–H groups in total. The van der Waals surface area contributed by atoms with Crippen molar-refractivity contribution in [2.75, 3.05) is 0 Å². The molecular weight excluding hydrogens is 366 g/mol. The highest BCUT2D eigenvalue weighted by atomic mass is 79.9. The molecule has 114 valence electrons. The van der Waals surface area contributed by atoms with Gasteiger partial charge in [0, 0.05) is 5.56 Å². The summed E-state index contributed by atoms with van der Waals surface area (Å²) in [5.41, 5.74) is -2.12. The van der Waals surface area contributed by atoms with Gasteiger partial charge in [0.05, 0.1) is 21.9 Å². The number of hydrogen-bond donors (Lipinski definition) is 0. The van der Waals surface area contributed by atoms with Gasteiger partial charge in [-0.1, -0.05) is 11.6 Å². The second kappa shape index (κ2) is 5.61. The molecule has 0 unspecified atom stereocenters. The molecule has 0 aliphatic carbocycles. The van der Waals surface area contributed by atoms with Crippen molar-refractivity contribution >= 4 is 40.7 Å². The number of aromatic nitrogens is 1.